The SMILES string of the molecule is C[C@@H]1[C@H](C)CCC[C@@H]1NC(=O)Cn1nnc(CCN2C(=O)c3ccccc3C2=O)n1. The van der Waals surface area contributed by atoms with Crippen LogP contribution in [0.3, 0.4) is 0 Å². The van der Waals surface area contributed by atoms with Crippen LogP contribution in [0, 0.1) is 11.8 Å². The fraction of sp³-hybridized carbons (Fsp3) is 0.524. The molecule has 1 saturated carbocycles. The molecule has 1 aliphatic heterocycles. The van der Waals surface area contributed by atoms with Crippen molar-refractivity contribution in [3.05, 3.63) is 41.2 Å². The van der Waals surface area contributed by atoms with Crippen molar-refractivity contribution in [1.29, 1.82) is 0 Å². The van der Waals surface area contributed by atoms with Crippen molar-refractivity contribution in [2.24, 2.45) is 11.8 Å². The van der Waals surface area contributed by atoms with E-state index in [1.165, 1.54) is 16.1 Å². The number of amides is 3. The number of hydrogen-bond donors (Lipinski definition) is 1. The van der Waals surface area contributed by atoms with Crippen LogP contribution >= 0.6 is 0 Å². The number of tetrazole rings is 1. The number of carbonyl (C=O) groups excluding carboxylic acids is 3. The maximum atomic E-state index is 12.4. The number of nitrogens with one attached hydrogen (secondary N) is 1. The Bertz CT molecular complexity index is 936. The molecule has 1 aromatic heterocycles. The molecule has 2 aliphatic rings. The maximum Gasteiger partial charge on any atom is 0.261 e. The molecular weight excluding hydrogens is 384 g/mol. The van der Waals surface area contributed by atoms with Crippen LogP contribution in [0.25, 0.3) is 0 Å². The van der Waals surface area contributed by atoms with Crippen molar-refractivity contribution >= 4 is 17.7 Å². The van der Waals surface area contributed by atoms with Crippen molar-refractivity contribution in [2.45, 2.75) is 52.1 Å². The predicted octanol–water partition coefficient (Wildman–Crippen LogP) is 1.45. The van der Waals surface area contributed by atoms with Crippen molar-refractivity contribution in [3.63, 3.8) is 0 Å². The van der Waals surface area contributed by atoms with Crippen LogP contribution in [0.15, 0.2) is 24.3 Å². The normalized spacial score (nSPS) is 23.5. The van der Waals surface area contributed by atoms with Gasteiger partial charge in [-0.1, -0.05) is 38.8 Å². The van der Waals surface area contributed by atoms with E-state index in [1.54, 1.807) is 24.3 Å². The highest BCUT2D eigenvalue weighted by atomic mass is 16.2. The molecule has 0 bridgehead atoms. The highest BCUT2D eigenvalue weighted by Gasteiger charge is 2.35. The molecule has 0 unspecified atom stereocenters. The van der Waals surface area contributed by atoms with E-state index in [-0.39, 0.29) is 43.3 Å². The average molecular weight is 410 g/mol. The van der Waals surface area contributed by atoms with Crippen LogP contribution in [-0.4, -0.2) is 55.4 Å². The Morgan fingerprint density at radius 3 is 2.53 bits per heavy atom. The lowest BCUT2D eigenvalue weighted by molar-refractivity contribution is -0.123. The van der Waals surface area contributed by atoms with Gasteiger partial charge in [-0.2, -0.15) is 4.80 Å². The topological polar surface area (TPSA) is 110 Å². The summed E-state index contributed by atoms with van der Waals surface area (Å²) in [6.07, 6.45) is 3.60. The Morgan fingerprint density at radius 2 is 1.83 bits per heavy atom. The Morgan fingerprint density at radius 1 is 1.13 bits per heavy atom. The van der Waals surface area contributed by atoms with Crippen molar-refractivity contribution in [1.82, 2.24) is 30.4 Å². The summed E-state index contributed by atoms with van der Waals surface area (Å²) in [5, 5.41) is 15.2. The minimum absolute atomic E-state index is 0.00236. The third kappa shape index (κ3) is 3.96. The monoisotopic (exact) mass is 410 g/mol. The van der Waals surface area contributed by atoms with Gasteiger partial charge in [0, 0.05) is 19.0 Å². The van der Waals surface area contributed by atoms with Gasteiger partial charge < -0.3 is 5.32 Å². The fourth-order valence-electron chi connectivity index (χ4n) is 4.26. The van der Waals surface area contributed by atoms with Crippen molar-refractivity contribution < 1.29 is 14.4 Å². The lowest BCUT2D eigenvalue weighted by Gasteiger charge is -2.34. The molecule has 4 rings (SSSR count). The molecule has 0 radical (unpaired) electrons. The van der Waals surface area contributed by atoms with Gasteiger partial charge in [-0.25, -0.2) is 0 Å². The third-order valence-electron chi connectivity index (χ3n) is 6.27. The first kappa shape index (κ1) is 20.2. The molecule has 1 fully saturated rings. The van der Waals surface area contributed by atoms with Gasteiger partial charge in [0.05, 0.1) is 11.1 Å². The molecule has 158 valence electrons. The van der Waals surface area contributed by atoms with E-state index in [4.69, 9.17) is 0 Å². The minimum Gasteiger partial charge on any atom is -0.351 e. The van der Waals surface area contributed by atoms with E-state index in [9.17, 15) is 14.4 Å². The number of aromatic nitrogens is 4. The quantitative estimate of drug-likeness (QED) is 0.722. The molecule has 3 amide bonds. The van der Waals surface area contributed by atoms with Gasteiger partial charge in [0.25, 0.3) is 11.8 Å². The molecule has 0 saturated heterocycles. The molecule has 2 heterocycles. The van der Waals surface area contributed by atoms with Crippen LogP contribution in [0.2, 0.25) is 0 Å². The van der Waals surface area contributed by atoms with Crippen molar-refractivity contribution in [2.75, 3.05) is 6.54 Å². The van der Waals surface area contributed by atoms with Crippen LogP contribution < -0.4 is 5.32 Å². The van der Waals surface area contributed by atoms with Crippen LogP contribution in [0.5, 0.6) is 0 Å². The van der Waals surface area contributed by atoms with Crippen LogP contribution in [-0.2, 0) is 17.8 Å². The average Bonchev–Trinajstić information content (AvgIpc) is 3.27. The van der Waals surface area contributed by atoms with E-state index >= 15 is 0 Å². The molecule has 30 heavy (non-hydrogen) atoms. The number of hydrogen-bond acceptors (Lipinski definition) is 6. The first-order valence-electron chi connectivity index (χ1n) is 10.5. The smallest absolute Gasteiger partial charge is 0.261 e. The molecule has 9 nitrogen and oxygen atoms in total. The summed E-state index contributed by atoms with van der Waals surface area (Å²) >= 11 is 0. The second-order valence-corrected chi connectivity index (χ2v) is 8.23. The first-order chi connectivity index (χ1) is 14.4. The number of fused-ring (bicyclic) bond motifs is 1. The summed E-state index contributed by atoms with van der Waals surface area (Å²) in [6.45, 7) is 4.57. The Kier molecular flexibility index (Phi) is 5.61. The zero-order valence-electron chi connectivity index (χ0n) is 17.2. The molecular formula is C21H26N6O3. The Hall–Kier alpha value is -3.10. The van der Waals surface area contributed by atoms with E-state index in [0.29, 0.717) is 28.8 Å². The van der Waals surface area contributed by atoms with Gasteiger partial charge in [0.1, 0.15) is 6.54 Å². The van der Waals surface area contributed by atoms with Crippen LogP contribution in [0.4, 0.5) is 0 Å². The number of nitrogens with zero attached hydrogens (tertiary/aromatic N) is 5. The van der Waals surface area contributed by atoms with Gasteiger partial charge in [0.15, 0.2) is 5.82 Å². The number of imide groups is 1. The predicted molar refractivity (Wildman–Crippen MR) is 107 cm³/mol. The second-order valence-electron chi connectivity index (χ2n) is 8.23. The van der Waals surface area contributed by atoms with E-state index in [0.717, 1.165) is 12.8 Å². The highest BCUT2D eigenvalue weighted by Crippen LogP contribution is 2.29. The Balaban J connectivity index is 1.30. The summed E-state index contributed by atoms with van der Waals surface area (Å²) in [4.78, 5) is 39.7. The Labute approximate surface area is 174 Å². The van der Waals surface area contributed by atoms with Crippen molar-refractivity contribution in [3.8, 4) is 0 Å². The molecule has 1 aromatic carbocycles. The first-order valence-corrected chi connectivity index (χ1v) is 10.5. The zero-order chi connectivity index (χ0) is 21.3. The number of rotatable bonds is 6. The van der Waals surface area contributed by atoms with Gasteiger partial charge >= 0.3 is 0 Å². The molecule has 9 heteroatoms. The van der Waals surface area contributed by atoms with Gasteiger partial charge in [-0.15, -0.1) is 10.2 Å². The fourth-order valence-corrected chi connectivity index (χ4v) is 4.26. The summed E-state index contributed by atoms with van der Waals surface area (Å²) in [5.41, 5.74) is 0.837. The molecule has 1 aliphatic carbocycles. The lowest BCUT2D eigenvalue weighted by Crippen LogP contribution is -2.45. The summed E-state index contributed by atoms with van der Waals surface area (Å²) in [7, 11) is 0. The zero-order valence-corrected chi connectivity index (χ0v) is 17.2. The second kappa shape index (κ2) is 8.33. The number of carbonyl (C=O) groups is 3. The standard InChI is InChI=1S/C21H26N6O3/c1-13-6-5-9-17(14(13)2)22-19(28)12-27-24-18(23-25-27)10-11-26-20(29)15-7-3-4-8-16(15)21(26)30/h3-4,7-8,13-14,17H,5-6,9-12H2,1-2H3,(H,22,28)/t13-,14-,17+/m1/s1. The van der Waals surface area contributed by atoms with E-state index < -0.39 is 0 Å². The van der Waals surface area contributed by atoms with Gasteiger partial charge in [-0.05, 0) is 35.6 Å². The van der Waals surface area contributed by atoms with Gasteiger partial charge in [-0.3, -0.25) is 19.3 Å². The van der Waals surface area contributed by atoms with E-state index in [2.05, 4.69) is 34.6 Å². The maximum absolute atomic E-state index is 12.4. The molecule has 0 spiro atoms. The van der Waals surface area contributed by atoms with Gasteiger partial charge in [0.2, 0.25) is 5.91 Å². The molecule has 3 atom stereocenters. The largest absolute Gasteiger partial charge is 0.351 e. The highest BCUT2D eigenvalue weighted by molar-refractivity contribution is 6.21. The van der Waals surface area contributed by atoms with Crippen LogP contribution in [0.1, 0.15) is 59.7 Å². The van der Waals surface area contributed by atoms with E-state index in [1.807, 2.05) is 0 Å². The minimum atomic E-state index is -0.307. The third-order valence-corrected chi connectivity index (χ3v) is 6.27. The molecule has 2 aromatic rings. The summed E-state index contributed by atoms with van der Waals surface area (Å²) < 4.78 is 0. The lowest BCUT2D eigenvalue weighted by atomic mass is 9.78. The molecule has 1 N–H and O–H groups in total. The summed E-state index contributed by atoms with van der Waals surface area (Å²) in [6, 6.07) is 6.95. The number of benzene rings is 1. The summed E-state index contributed by atoms with van der Waals surface area (Å²) in [5.74, 6) is 0.685.